The van der Waals surface area contributed by atoms with Gasteiger partial charge in [0.25, 0.3) is 0 Å². The van der Waals surface area contributed by atoms with Crippen LogP contribution in [0.2, 0.25) is 0 Å². The molecule has 2 nitrogen and oxygen atoms in total. The van der Waals surface area contributed by atoms with Crippen LogP contribution in [0.1, 0.15) is 49.9 Å². The van der Waals surface area contributed by atoms with E-state index >= 15 is 0 Å². The van der Waals surface area contributed by atoms with Crippen molar-refractivity contribution in [3.8, 4) is 33.4 Å². The Kier molecular flexibility index (Phi) is 5.55. The van der Waals surface area contributed by atoms with Gasteiger partial charge in [0, 0.05) is 28.2 Å². The molecular weight excluding hydrogens is 520 g/mol. The fourth-order valence-corrected chi connectivity index (χ4v) is 7.18. The highest BCUT2D eigenvalue weighted by atomic mass is 15.2. The van der Waals surface area contributed by atoms with Crippen molar-refractivity contribution in [3.05, 3.63) is 156 Å². The van der Waals surface area contributed by atoms with Gasteiger partial charge in [0.05, 0.1) is 11.4 Å². The van der Waals surface area contributed by atoms with Crippen LogP contribution < -0.4 is 4.90 Å². The number of aromatic nitrogens is 1. The zero-order chi connectivity index (χ0) is 29.3. The largest absolute Gasteiger partial charge is 0.294 e. The zero-order valence-corrected chi connectivity index (χ0v) is 25.1. The van der Waals surface area contributed by atoms with Gasteiger partial charge in [-0.2, -0.15) is 0 Å². The predicted octanol–water partition coefficient (Wildman–Crippen LogP) is 10.8. The minimum absolute atomic E-state index is 0.219. The maximum absolute atomic E-state index is 5.25. The summed E-state index contributed by atoms with van der Waals surface area (Å²) >= 11 is 0. The molecule has 3 heterocycles. The van der Waals surface area contributed by atoms with E-state index in [1.807, 2.05) is 6.20 Å². The van der Waals surface area contributed by atoms with Crippen molar-refractivity contribution in [3.63, 3.8) is 0 Å². The Morgan fingerprint density at radius 1 is 0.442 bits per heavy atom. The molecule has 0 atom stereocenters. The molecule has 0 aliphatic carbocycles. The van der Waals surface area contributed by atoms with Crippen LogP contribution in [-0.4, -0.2) is 4.98 Å². The first-order chi connectivity index (χ1) is 20.8. The molecule has 2 heteroatoms. The number of nitrogens with zero attached hydrogens (tertiary/aromatic N) is 2. The van der Waals surface area contributed by atoms with E-state index in [9.17, 15) is 0 Å². The van der Waals surface area contributed by atoms with Crippen LogP contribution in [0.15, 0.2) is 134 Å². The van der Waals surface area contributed by atoms with Crippen molar-refractivity contribution < 1.29 is 0 Å². The van der Waals surface area contributed by atoms with Crippen LogP contribution in [0.25, 0.3) is 33.4 Å². The highest BCUT2D eigenvalue weighted by molar-refractivity contribution is 5.94. The van der Waals surface area contributed by atoms with Gasteiger partial charge in [-0.1, -0.05) is 125 Å². The number of rotatable bonds is 3. The number of pyridine rings is 1. The molecule has 0 saturated heterocycles. The van der Waals surface area contributed by atoms with Gasteiger partial charge in [-0.05, 0) is 74.8 Å². The molecule has 208 valence electrons. The summed E-state index contributed by atoms with van der Waals surface area (Å²) in [5.74, 6) is 1.02. The summed E-state index contributed by atoms with van der Waals surface area (Å²) in [6.07, 6.45) is 2.05. The topological polar surface area (TPSA) is 16.1 Å². The number of benzene rings is 5. The summed E-state index contributed by atoms with van der Waals surface area (Å²) in [5.41, 5.74) is 14.6. The second-order valence-electron chi connectivity index (χ2n) is 12.9. The molecule has 1 aromatic heterocycles. The van der Waals surface area contributed by atoms with Crippen molar-refractivity contribution >= 4 is 17.2 Å². The van der Waals surface area contributed by atoms with E-state index in [0.717, 1.165) is 11.4 Å². The lowest BCUT2D eigenvalue weighted by Crippen LogP contribution is -2.38. The van der Waals surface area contributed by atoms with Crippen molar-refractivity contribution in [2.75, 3.05) is 4.90 Å². The molecule has 0 unspecified atom stereocenters. The quantitative estimate of drug-likeness (QED) is 0.216. The second-order valence-corrected chi connectivity index (χ2v) is 12.9. The average molecular weight is 555 g/mol. The Balaban J connectivity index is 1.44. The Labute approximate surface area is 254 Å². The summed E-state index contributed by atoms with van der Waals surface area (Å²) in [7, 11) is 0. The average Bonchev–Trinajstić information content (AvgIpc) is 3.05. The van der Waals surface area contributed by atoms with Crippen LogP contribution in [0, 0.1) is 0 Å². The van der Waals surface area contributed by atoms with E-state index in [-0.39, 0.29) is 10.8 Å². The predicted molar refractivity (Wildman–Crippen MR) is 179 cm³/mol. The molecule has 5 aromatic carbocycles. The van der Waals surface area contributed by atoms with Gasteiger partial charge in [-0.15, -0.1) is 0 Å². The first-order valence-corrected chi connectivity index (χ1v) is 15.1. The van der Waals surface area contributed by atoms with E-state index in [4.69, 9.17) is 4.98 Å². The molecular formula is C41H34N2. The molecule has 0 bridgehead atoms. The van der Waals surface area contributed by atoms with Crippen LogP contribution >= 0.6 is 0 Å². The molecule has 6 aromatic rings. The van der Waals surface area contributed by atoms with Crippen LogP contribution in [0.5, 0.6) is 0 Å². The monoisotopic (exact) mass is 554 g/mol. The summed E-state index contributed by atoms with van der Waals surface area (Å²) in [5, 5.41) is 0. The molecule has 2 aliphatic rings. The van der Waals surface area contributed by atoms with Crippen molar-refractivity contribution in [1.29, 1.82) is 0 Å². The van der Waals surface area contributed by atoms with Crippen molar-refractivity contribution in [2.24, 2.45) is 0 Å². The minimum atomic E-state index is -0.254. The van der Waals surface area contributed by atoms with Gasteiger partial charge in [-0.3, -0.25) is 4.90 Å². The highest BCUT2D eigenvalue weighted by Gasteiger charge is 2.46. The highest BCUT2D eigenvalue weighted by Crippen LogP contribution is 2.60. The summed E-state index contributed by atoms with van der Waals surface area (Å²) in [4.78, 5) is 7.70. The van der Waals surface area contributed by atoms with Crippen molar-refractivity contribution in [2.45, 2.75) is 38.5 Å². The Morgan fingerprint density at radius 2 is 0.907 bits per heavy atom. The normalized spacial score (nSPS) is 15.3. The molecule has 0 radical (unpaired) electrons. The number of anilines is 3. The molecule has 0 saturated carbocycles. The first kappa shape index (κ1) is 25.7. The Hall–Kier alpha value is -4.95. The smallest absolute Gasteiger partial charge is 0.141 e. The van der Waals surface area contributed by atoms with Gasteiger partial charge >= 0.3 is 0 Å². The SMILES string of the molecule is CC1(C)c2cc(-c3ccccc3)ccc2N2c3ncc(-c4ccccc4)cc3C(C)(C)c3cc(-c4ccccc4)cc1c32. The van der Waals surface area contributed by atoms with Gasteiger partial charge in [0.15, 0.2) is 0 Å². The lowest BCUT2D eigenvalue weighted by Gasteiger charge is -2.49. The molecule has 0 fully saturated rings. The maximum Gasteiger partial charge on any atom is 0.141 e. The van der Waals surface area contributed by atoms with Gasteiger partial charge in [0.1, 0.15) is 5.82 Å². The molecule has 8 rings (SSSR count). The van der Waals surface area contributed by atoms with E-state index in [1.54, 1.807) is 0 Å². The Bertz CT molecular complexity index is 1880. The van der Waals surface area contributed by atoms with Crippen LogP contribution in [0.3, 0.4) is 0 Å². The third-order valence-corrected chi connectivity index (χ3v) is 9.66. The molecule has 0 spiro atoms. The third kappa shape index (κ3) is 3.83. The fraction of sp³-hybridized carbons (Fsp3) is 0.146. The number of fused-ring (bicyclic) bond motifs is 4. The van der Waals surface area contributed by atoms with Crippen molar-refractivity contribution in [1.82, 2.24) is 4.98 Å². The van der Waals surface area contributed by atoms with Gasteiger partial charge < -0.3 is 0 Å². The maximum atomic E-state index is 5.25. The third-order valence-electron chi connectivity index (χ3n) is 9.66. The van der Waals surface area contributed by atoms with E-state index in [2.05, 4.69) is 160 Å². The van der Waals surface area contributed by atoms with E-state index < -0.39 is 0 Å². The zero-order valence-electron chi connectivity index (χ0n) is 25.1. The van der Waals surface area contributed by atoms with Crippen LogP contribution in [-0.2, 0) is 10.8 Å². The molecule has 0 amide bonds. The first-order valence-electron chi connectivity index (χ1n) is 15.1. The van der Waals surface area contributed by atoms with Crippen LogP contribution in [0.4, 0.5) is 17.2 Å². The standard InChI is InChI=1S/C41H34N2/c1-40(2)33-22-30(27-14-8-5-9-15-27)20-21-37(33)43-38-34(40)23-31(28-16-10-6-11-17-28)24-35(38)41(3,4)36-25-32(26-42-39(36)43)29-18-12-7-13-19-29/h5-26H,1-4H3. The minimum Gasteiger partial charge on any atom is -0.294 e. The molecule has 2 aliphatic heterocycles. The van der Waals surface area contributed by atoms with E-state index in [1.165, 1.54) is 61.4 Å². The van der Waals surface area contributed by atoms with Gasteiger partial charge in [0.2, 0.25) is 0 Å². The number of hydrogen-bond acceptors (Lipinski definition) is 2. The molecule has 0 N–H and O–H groups in total. The summed E-state index contributed by atoms with van der Waals surface area (Å²) < 4.78 is 0. The second kappa shape index (κ2) is 9.28. The summed E-state index contributed by atoms with van der Waals surface area (Å²) in [6, 6.07) is 46.3. The molecule has 43 heavy (non-hydrogen) atoms. The fourth-order valence-electron chi connectivity index (χ4n) is 7.18. The Morgan fingerprint density at radius 3 is 1.49 bits per heavy atom. The number of hydrogen-bond donors (Lipinski definition) is 0. The van der Waals surface area contributed by atoms with Gasteiger partial charge in [-0.25, -0.2) is 4.98 Å². The lowest BCUT2D eigenvalue weighted by atomic mass is 9.66. The summed E-state index contributed by atoms with van der Waals surface area (Å²) in [6.45, 7) is 9.50. The van der Waals surface area contributed by atoms with E-state index in [0.29, 0.717) is 0 Å². The lowest BCUT2D eigenvalue weighted by molar-refractivity contribution is 0.595.